The molecule has 3 aromatic rings. The summed E-state index contributed by atoms with van der Waals surface area (Å²) in [6, 6.07) is 19.8. The van der Waals surface area contributed by atoms with Crippen molar-refractivity contribution >= 4 is 23.1 Å². The maximum absolute atomic E-state index is 13.3. The van der Waals surface area contributed by atoms with E-state index in [1.165, 1.54) is 4.90 Å². The lowest BCUT2D eigenvalue weighted by molar-refractivity contribution is -0.132. The van der Waals surface area contributed by atoms with Crippen LogP contribution in [0.4, 0.5) is 5.69 Å². The summed E-state index contributed by atoms with van der Waals surface area (Å²) in [7, 11) is 0. The molecule has 1 amide bonds. The van der Waals surface area contributed by atoms with Gasteiger partial charge in [0.05, 0.1) is 18.2 Å². The zero-order valence-corrected chi connectivity index (χ0v) is 18.0. The van der Waals surface area contributed by atoms with Gasteiger partial charge in [-0.15, -0.1) is 0 Å². The van der Waals surface area contributed by atoms with Gasteiger partial charge in [-0.3, -0.25) is 14.5 Å². The van der Waals surface area contributed by atoms with Crippen LogP contribution >= 0.6 is 0 Å². The summed E-state index contributed by atoms with van der Waals surface area (Å²) in [5.74, 6) is -0.700. The Balaban J connectivity index is 1.74. The molecule has 160 valence electrons. The number of fused-ring (bicyclic) bond motifs is 1. The predicted octanol–water partition coefficient (Wildman–Crippen LogP) is 4.86. The second kappa shape index (κ2) is 7.68. The molecular formula is C27H23NO4. The lowest BCUT2D eigenvalue weighted by Crippen LogP contribution is -2.30. The molecule has 2 aliphatic rings. The standard InChI is InChI=1S/C27H23NO4/c1-16-7-3-5-9-20(16)24-23(25(29)19-11-12-22-18(15-19)13-14-32-22)26(30)27(31)28(24)21-10-6-4-8-17(21)2/h3-12,15,24,29H,13-14H2,1-2H3/b25-23+. The molecule has 3 aromatic carbocycles. The highest BCUT2D eigenvalue weighted by Crippen LogP contribution is 2.44. The van der Waals surface area contributed by atoms with E-state index >= 15 is 0 Å². The minimum absolute atomic E-state index is 0.103. The molecule has 1 unspecified atom stereocenters. The van der Waals surface area contributed by atoms with Crippen LogP contribution in [0.3, 0.4) is 0 Å². The Morgan fingerprint density at radius 1 is 0.969 bits per heavy atom. The van der Waals surface area contributed by atoms with Gasteiger partial charge in [-0.1, -0.05) is 42.5 Å². The van der Waals surface area contributed by atoms with Crippen molar-refractivity contribution in [3.05, 3.63) is 100 Å². The number of para-hydroxylation sites is 1. The minimum atomic E-state index is -0.721. The highest BCUT2D eigenvalue weighted by Gasteiger charge is 2.47. The molecule has 5 rings (SSSR count). The van der Waals surface area contributed by atoms with E-state index in [0.29, 0.717) is 17.9 Å². The summed E-state index contributed by atoms with van der Waals surface area (Å²) in [5, 5.41) is 11.3. The molecule has 2 aliphatic heterocycles. The van der Waals surface area contributed by atoms with Gasteiger partial charge in [0.15, 0.2) is 0 Å². The number of nitrogens with zero attached hydrogens (tertiary/aromatic N) is 1. The van der Waals surface area contributed by atoms with Crippen LogP contribution in [0.25, 0.3) is 5.76 Å². The fraction of sp³-hybridized carbons (Fsp3) is 0.185. The minimum Gasteiger partial charge on any atom is -0.507 e. The second-order valence-electron chi connectivity index (χ2n) is 8.23. The molecule has 1 N–H and O–H groups in total. The Hall–Kier alpha value is -3.86. The van der Waals surface area contributed by atoms with E-state index < -0.39 is 17.7 Å². The third-order valence-corrected chi connectivity index (χ3v) is 6.27. The Morgan fingerprint density at radius 2 is 1.69 bits per heavy atom. The quantitative estimate of drug-likeness (QED) is 0.370. The van der Waals surface area contributed by atoms with Crippen molar-refractivity contribution < 1.29 is 19.4 Å². The normalized spacial score (nSPS) is 19.2. The maximum Gasteiger partial charge on any atom is 0.300 e. The van der Waals surface area contributed by atoms with Crippen molar-refractivity contribution in [3.63, 3.8) is 0 Å². The van der Waals surface area contributed by atoms with Crippen LogP contribution in [0.1, 0.15) is 33.9 Å². The highest BCUT2D eigenvalue weighted by molar-refractivity contribution is 6.51. The summed E-state index contributed by atoms with van der Waals surface area (Å²) < 4.78 is 5.56. The Labute approximate surface area is 186 Å². The SMILES string of the molecule is Cc1ccccc1C1/C(=C(\O)c2ccc3c(c2)CCO3)C(=O)C(=O)N1c1ccccc1C. The van der Waals surface area contributed by atoms with Gasteiger partial charge in [-0.2, -0.15) is 0 Å². The van der Waals surface area contributed by atoms with E-state index in [4.69, 9.17) is 4.74 Å². The average Bonchev–Trinajstić information content (AvgIpc) is 3.36. The van der Waals surface area contributed by atoms with Crippen molar-refractivity contribution in [1.29, 1.82) is 0 Å². The van der Waals surface area contributed by atoms with Crippen LogP contribution in [0.5, 0.6) is 5.75 Å². The first kappa shape index (κ1) is 20.1. The number of ether oxygens (including phenoxy) is 1. The topological polar surface area (TPSA) is 66.8 Å². The molecule has 0 aliphatic carbocycles. The zero-order valence-electron chi connectivity index (χ0n) is 18.0. The number of rotatable bonds is 3. The molecule has 1 fully saturated rings. The number of hydrogen-bond acceptors (Lipinski definition) is 4. The smallest absolute Gasteiger partial charge is 0.300 e. The van der Waals surface area contributed by atoms with Crippen molar-refractivity contribution in [2.45, 2.75) is 26.3 Å². The predicted molar refractivity (Wildman–Crippen MR) is 123 cm³/mol. The number of anilines is 1. The first-order chi connectivity index (χ1) is 15.5. The molecule has 1 atom stereocenters. The first-order valence-electron chi connectivity index (χ1n) is 10.7. The largest absolute Gasteiger partial charge is 0.507 e. The molecule has 5 nitrogen and oxygen atoms in total. The number of aryl methyl sites for hydroxylation is 2. The summed E-state index contributed by atoms with van der Waals surface area (Å²) in [6.45, 7) is 4.45. The molecule has 2 heterocycles. The van der Waals surface area contributed by atoms with Crippen LogP contribution < -0.4 is 9.64 Å². The van der Waals surface area contributed by atoms with Crippen LogP contribution in [0.2, 0.25) is 0 Å². The summed E-state index contributed by atoms with van der Waals surface area (Å²) in [5.41, 5.74) is 4.87. The zero-order chi connectivity index (χ0) is 22.4. The van der Waals surface area contributed by atoms with Gasteiger partial charge in [0.2, 0.25) is 0 Å². The van der Waals surface area contributed by atoms with Gasteiger partial charge in [0.25, 0.3) is 11.7 Å². The third kappa shape index (κ3) is 3.09. The molecular weight excluding hydrogens is 402 g/mol. The fourth-order valence-corrected chi connectivity index (χ4v) is 4.59. The van der Waals surface area contributed by atoms with Gasteiger partial charge in [0.1, 0.15) is 11.5 Å². The van der Waals surface area contributed by atoms with Crippen LogP contribution in [0, 0.1) is 13.8 Å². The van der Waals surface area contributed by atoms with E-state index in [-0.39, 0.29) is 11.3 Å². The summed E-state index contributed by atoms with van der Waals surface area (Å²) >= 11 is 0. The Morgan fingerprint density at radius 3 is 2.44 bits per heavy atom. The molecule has 0 bridgehead atoms. The molecule has 1 saturated heterocycles. The van der Waals surface area contributed by atoms with Crippen LogP contribution in [0.15, 0.2) is 72.3 Å². The number of benzene rings is 3. The highest BCUT2D eigenvalue weighted by atomic mass is 16.5. The van der Waals surface area contributed by atoms with Crippen molar-refractivity contribution in [3.8, 4) is 5.75 Å². The van der Waals surface area contributed by atoms with E-state index in [9.17, 15) is 14.7 Å². The van der Waals surface area contributed by atoms with Gasteiger partial charge < -0.3 is 9.84 Å². The fourth-order valence-electron chi connectivity index (χ4n) is 4.59. The Kier molecular flexibility index (Phi) is 4.82. The van der Waals surface area contributed by atoms with Crippen LogP contribution in [-0.4, -0.2) is 23.4 Å². The average molecular weight is 425 g/mol. The van der Waals surface area contributed by atoms with Crippen molar-refractivity contribution in [2.24, 2.45) is 0 Å². The van der Waals surface area contributed by atoms with Crippen molar-refractivity contribution in [1.82, 2.24) is 0 Å². The number of amides is 1. The van der Waals surface area contributed by atoms with Gasteiger partial charge in [-0.25, -0.2) is 0 Å². The monoisotopic (exact) mass is 425 g/mol. The second-order valence-corrected chi connectivity index (χ2v) is 8.23. The summed E-state index contributed by atoms with van der Waals surface area (Å²) in [6.07, 6.45) is 0.745. The van der Waals surface area contributed by atoms with E-state index in [0.717, 1.165) is 34.4 Å². The lowest BCUT2D eigenvalue weighted by atomic mass is 9.92. The maximum atomic E-state index is 13.3. The Bertz CT molecular complexity index is 1290. The number of aliphatic hydroxyl groups excluding tert-OH is 1. The molecule has 0 radical (unpaired) electrons. The van der Waals surface area contributed by atoms with Crippen LogP contribution in [-0.2, 0) is 16.0 Å². The molecule has 5 heteroatoms. The molecule has 0 aromatic heterocycles. The lowest BCUT2D eigenvalue weighted by Gasteiger charge is -2.27. The number of ketones is 1. The molecule has 0 saturated carbocycles. The van der Waals surface area contributed by atoms with Gasteiger partial charge in [0, 0.05) is 17.7 Å². The number of carbonyl (C=O) groups is 2. The molecule has 0 spiro atoms. The van der Waals surface area contributed by atoms with E-state index in [2.05, 4.69) is 0 Å². The first-order valence-corrected chi connectivity index (χ1v) is 10.7. The number of Topliss-reactive ketones (excluding diaryl/α,β-unsaturated/α-hetero) is 1. The molecule has 32 heavy (non-hydrogen) atoms. The number of aliphatic hydroxyl groups is 1. The van der Waals surface area contributed by atoms with Crippen molar-refractivity contribution in [2.75, 3.05) is 11.5 Å². The summed E-state index contributed by atoms with van der Waals surface area (Å²) in [4.78, 5) is 28.1. The van der Waals surface area contributed by atoms with E-state index in [1.54, 1.807) is 12.1 Å². The number of carbonyl (C=O) groups excluding carboxylic acids is 2. The van der Waals surface area contributed by atoms with Gasteiger partial charge >= 0.3 is 0 Å². The van der Waals surface area contributed by atoms with E-state index in [1.807, 2.05) is 68.4 Å². The third-order valence-electron chi connectivity index (χ3n) is 6.27. The number of hydrogen-bond donors (Lipinski definition) is 1. The van der Waals surface area contributed by atoms with Gasteiger partial charge in [-0.05, 0) is 60.4 Å².